The predicted molar refractivity (Wildman–Crippen MR) is 78.5 cm³/mol. The molecule has 4 unspecified atom stereocenters. The number of aryl methyl sites for hydroxylation is 1. The fourth-order valence-electron chi connectivity index (χ4n) is 5.50. The molecule has 1 N–H and O–H groups in total. The first-order valence-electron chi connectivity index (χ1n) is 8.51. The van der Waals surface area contributed by atoms with Crippen molar-refractivity contribution in [2.45, 2.75) is 57.4 Å². The van der Waals surface area contributed by atoms with Gasteiger partial charge in [0.25, 0.3) is 0 Å². The van der Waals surface area contributed by atoms with Crippen molar-refractivity contribution < 1.29 is 0 Å². The van der Waals surface area contributed by atoms with E-state index in [0.29, 0.717) is 0 Å². The van der Waals surface area contributed by atoms with Crippen molar-refractivity contribution in [3.8, 4) is 0 Å². The largest absolute Gasteiger partial charge is 0.366 e. The Bertz CT molecular complexity index is 525. The molecule has 3 nitrogen and oxygen atoms in total. The van der Waals surface area contributed by atoms with Crippen molar-refractivity contribution in [3.63, 3.8) is 0 Å². The highest BCUT2D eigenvalue weighted by molar-refractivity contribution is 5.49. The lowest BCUT2D eigenvalue weighted by atomic mass is 10.0. The molecule has 0 aliphatic heterocycles. The van der Waals surface area contributed by atoms with Gasteiger partial charge >= 0.3 is 0 Å². The molecule has 0 aromatic carbocycles. The highest BCUT2D eigenvalue weighted by Gasteiger charge is 2.65. The number of fused-ring (bicyclic) bond motifs is 6. The Kier molecular flexibility index (Phi) is 2.41. The lowest BCUT2D eigenvalue weighted by Crippen LogP contribution is -2.16. The molecule has 4 aliphatic rings. The zero-order valence-corrected chi connectivity index (χ0v) is 12.0. The molecule has 3 fully saturated rings. The van der Waals surface area contributed by atoms with E-state index in [1.165, 1.54) is 62.0 Å². The van der Waals surface area contributed by atoms with E-state index >= 15 is 0 Å². The van der Waals surface area contributed by atoms with Crippen molar-refractivity contribution in [1.82, 2.24) is 9.97 Å². The van der Waals surface area contributed by atoms with E-state index < -0.39 is 0 Å². The smallest absolute Gasteiger partial charge is 0.133 e. The Morgan fingerprint density at radius 1 is 0.950 bits per heavy atom. The van der Waals surface area contributed by atoms with Gasteiger partial charge in [-0.25, -0.2) is 9.97 Å². The monoisotopic (exact) mass is 269 g/mol. The fraction of sp³-hybridized carbons (Fsp3) is 0.765. The summed E-state index contributed by atoms with van der Waals surface area (Å²) in [6, 6.07) is 0.739. The average molecular weight is 269 g/mol. The number of hydrogen-bond donors (Lipinski definition) is 1. The highest BCUT2D eigenvalue weighted by atomic mass is 15.1. The third kappa shape index (κ3) is 1.58. The topological polar surface area (TPSA) is 37.8 Å². The van der Waals surface area contributed by atoms with E-state index in [-0.39, 0.29) is 0 Å². The maximum Gasteiger partial charge on any atom is 0.133 e. The molecule has 1 aromatic heterocycles. The molecular formula is C17H23N3. The van der Waals surface area contributed by atoms with Crippen molar-refractivity contribution in [2.24, 2.45) is 23.7 Å². The first-order chi connectivity index (χ1) is 9.92. The third-order valence-electron chi connectivity index (χ3n) is 6.41. The second-order valence-electron chi connectivity index (χ2n) is 7.37. The Morgan fingerprint density at radius 3 is 2.60 bits per heavy atom. The summed E-state index contributed by atoms with van der Waals surface area (Å²) in [5.74, 6) is 5.19. The Labute approximate surface area is 120 Å². The maximum atomic E-state index is 4.59. The van der Waals surface area contributed by atoms with Crippen molar-refractivity contribution in [2.75, 3.05) is 5.32 Å². The number of nitrogens with zero attached hydrogens (tertiary/aromatic N) is 2. The summed E-state index contributed by atoms with van der Waals surface area (Å²) in [4.78, 5) is 9.12. The van der Waals surface area contributed by atoms with E-state index in [0.717, 1.165) is 36.1 Å². The number of aromatic nitrogens is 2. The summed E-state index contributed by atoms with van der Waals surface area (Å²) in [5, 5.41) is 3.82. The van der Waals surface area contributed by atoms with Crippen LogP contribution in [0.5, 0.6) is 0 Å². The van der Waals surface area contributed by atoms with Gasteiger partial charge in [-0.1, -0.05) is 6.42 Å². The minimum absolute atomic E-state index is 0.739. The summed E-state index contributed by atoms with van der Waals surface area (Å²) < 4.78 is 0. The van der Waals surface area contributed by atoms with Gasteiger partial charge in [0.15, 0.2) is 0 Å². The van der Waals surface area contributed by atoms with E-state index in [2.05, 4.69) is 15.3 Å². The summed E-state index contributed by atoms with van der Waals surface area (Å²) in [6.45, 7) is 0. The molecule has 0 amide bonds. The van der Waals surface area contributed by atoms with Crippen molar-refractivity contribution in [1.29, 1.82) is 0 Å². The molecule has 1 heterocycles. The third-order valence-corrected chi connectivity index (χ3v) is 6.41. The fourth-order valence-corrected chi connectivity index (χ4v) is 5.50. The average Bonchev–Trinajstić information content (AvgIpc) is 2.94. The molecule has 4 aliphatic carbocycles. The lowest BCUT2D eigenvalue weighted by Gasteiger charge is -2.15. The van der Waals surface area contributed by atoms with Crippen LogP contribution >= 0.6 is 0 Å². The van der Waals surface area contributed by atoms with Crippen LogP contribution < -0.4 is 5.32 Å². The van der Waals surface area contributed by atoms with E-state index in [4.69, 9.17) is 0 Å². The van der Waals surface area contributed by atoms with E-state index in [9.17, 15) is 0 Å². The van der Waals surface area contributed by atoms with Crippen molar-refractivity contribution >= 4 is 5.82 Å². The Balaban J connectivity index is 1.40. The summed E-state index contributed by atoms with van der Waals surface area (Å²) in [7, 11) is 0. The van der Waals surface area contributed by atoms with Crippen LogP contribution in [-0.4, -0.2) is 16.0 Å². The number of anilines is 1. The zero-order chi connectivity index (χ0) is 13.1. The number of nitrogens with one attached hydrogen (secondary N) is 1. The van der Waals surface area contributed by atoms with Gasteiger partial charge in [-0.05, 0) is 68.6 Å². The van der Waals surface area contributed by atoms with Gasteiger partial charge in [0.2, 0.25) is 0 Å². The van der Waals surface area contributed by atoms with Gasteiger partial charge in [-0.2, -0.15) is 0 Å². The van der Waals surface area contributed by atoms with Crippen LogP contribution in [0.15, 0.2) is 6.33 Å². The molecule has 4 atom stereocenters. The van der Waals surface area contributed by atoms with Crippen LogP contribution in [0.4, 0.5) is 5.82 Å². The maximum absolute atomic E-state index is 4.59. The molecule has 3 heteroatoms. The predicted octanol–water partition coefficient (Wildman–Crippen LogP) is 3.20. The van der Waals surface area contributed by atoms with Gasteiger partial charge in [0.1, 0.15) is 12.1 Å². The van der Waals surface area contributed by atoms with Gasteiger partial charge < -0.3 is 5.32 Å². The molecule has 1 aromatic rings. The first kappa shape index (κ1) is 11.5. The van der Waals surface area contributed by atoms with Crippen LogP contribution in [0.25, 0.3) is 0 Å². The summed E-state index contributed by atoms with van der Waals surface area (Å²) in [5.41, 5.74) is 2.75. The molecule has 3 saturated carbocycles. The molecule has 106 valence electrons. The highest BCUT2D eigenvalue weighted by Crippen LogP contribution is 2.66. The van der Waals surface area contributed by atoms with Gasteiger partial charge in [-0.3, -0.25) is 0 Å². The van der Waals surface area contributed by atoms with Crippen LogP contribution in [-0.2, 0) is 12.8 Å². The van der Waals surface area contributed by atoms with Crippen molar-refractivity contribution in [3.05, 3.63) is 17.6 Å². The molecule has 2 bridgehead atoms. The number of hydrogen-bond acceptors (Lipinski definition) is 3. The van der Waals surface area contributed by atoms with Crippen LogP contribution in [0.2, 0.25) is 0 Å². The van der Waals surface area contributed by atoms with E-state index in [1.54, 1.807) is 6.33 Å². The summed E-state index contributed by atoms with van der Waals surface area (Å²) >= 11 is 0. The lowest BCUT2D eigenvalue weighted by molar-refractivity contribution is 0.456. The summed E-state index contributed by atoms with van der Waals surface area (Å²) in [6.07, 6.45) is 12.5. The van der Waals surface area contributed by atoms with E-state index in [1.807, 2.05) is 0 Å². The van der Waals surface area contributed by atoms with Gasteiger partial charge in [0, 0.05) is 17.3 Å². The minimum Gasteiger partial charge on any atom is -0.366 e. The normalized spacial score (nSPS) is 40.9. The van der Waals surface area contributed by atoms with Gasteiger partial charge in [0.05, 0.1) is 0 Å². The van der Waals surface area contributed by atoms with Crippen LogP contribution in [0.1, 0.15) is 49.8 Å². The standard InChI is InChI=1S/C17H23N3/c1-2-4-12-13(5-3-1)18-9-19-17(12)20-16-14-10-6-7-11(8-10)15(14)16/h9-11,14-16H,1-8H2,(H,18,19,20). The number of rotatable bonds is 2. The molecule has 0 radical (unpaired) electrons. The SMILES string of the molecule is c1nc2c(c(NC3C4C5CCC(C5)C34)n1)CCCCC2. The first-order valence-corrected chi connectivity index (χ1v) is 8.51. The molecule has 5 rings (SSSR count). The molecule has 0 spiro atoms. The Morgan fingerprint density at radius 2 is 1.75 bits per heavy atom. The second-order valence-corrected chi connectivity index (χ2v) is 7.37. The second kappa shape index (κ2) is 4.19. The van der Waals surface area contributed by atoms with Gasteiger partial charge in [-0.15, -0.1) is 0 Å². The van der Waals surface area contributed by atoms with Crippen LogP contribution in [0.3, 0.4) is 0 Å². The molecular weight excluding hydrogens is 246 g/mol. The van der Waals surface area contributed by atoms with Crippen LogP contribution in [0, 0.1) is 23.7 Å². The molecule has 0 saturated heterocycles. The minimum atomic E-state index is 0.739. The zero-order valence-electron chi connectivity index (χ0n) is 12.0. The Hall–Kier alpha value is -1.12. The molecule has 20 heavy (non-hydrogen) atoms. The quantitative estimate of drug-likeness (QED) is 0.838.